The number of aryl methyl sites for hydroxylation is 2. The normalized spacial score (nSPS) is 10.7. The van der Waals surface area contributed by atoms with Crippen LogP contribution in [0.2, 0.25) is 5.02 Å². The van der Waals surface area contributed by atoms with Crippen LogP contribution in [0, 0.1) is 6.92 Å². The Morgan fingerprint density at radius 1 is 1.48 bits per heavy atom. The molecule has 0 fully saturated rings. The molecule has 0 aliphatic heterocycles. The minimum atomic E-state index is -0.0223. The Kier molecular flexibility index (Phi) is 5.06. The first-order valence-corrected chi connectivity index (χ1v) is 7.76. The lowest BCUT2D eigenvalue weighted by Gasteiger charge is -2.10. The van der Waals surface area contributed by atoms with E-state index in [1.165, 1.54) is 6.92 Å². The van der Waals surface area contributed by atoms with Crippen LogP contribution in [0.15, 0.2) is 22.7 Å². The first-order valence-electron chi connectivity index (χ1n) is 6.59. The Balaban J connectivity index is 2.19. The summed E-state index contributed by atoms with van der Waals surface area (Å²) in [7, 11) is 0. The molecule has 0 unspecified atom stereocenters. The van der Waals surface area contributed by atoms with E-state index in [9.17, 15) is 4.79 Å². The summed E-state index contributed by atoms with van der Waals surface area (Å²) >= 11 is 9.67. The predicted octanol–water partition coefficient (Wildman–Crippen LogP) is 4.41. The maximum absolute atomic E-state index is 11.3. The number of halogens is 2. The molecule has 0 N–H and O–H groups in total. The topological polar surface area (TPSA) is 44.1 Å². The van der Waals surface area contributed by atoms with E-state index < -0.39 is 0 Å². The van der Waals surface area contributed by atoms with Crippen molar-refractivity contribution >= 4 is 33.3 Å². The quantitative estimate of drug-likeness (QED) is 0.731. The Morgan fingerprint density at radius 2 is 2.19 bits per heavy atom. The van der Waals surface area contributed by atoms with Gasteiger partial charge >= 0.3 is 0 Å². The van der Waals surface area contributed by atoms with Crippen molar-refractivity contribution < 1.29 is 9.53 Å². The molecule has 0 atom stereocenters. The first-order chi connectivity index (χ1) is 9.93. The molecule has 0 aliphatic rings. The van der Waals surface area contributed by atoms with Gasteiger partial charge < -0.3 is 4.74 Å². The number of benzene rings is 1. The minimum absolute atomic E-state index is 0.0223. The number of ether oxygens (including phenoxy) is 1. The molecule has 2 aromatic rings. The number of carbonyl (C=O) groups excluding carboxylic acids is 1. The molecule has 4 nitrogen and oxygen atoms in total. The van der Waals surface area contributed by atoms with Crippen molar-refractivity contribution in [3.8, 4) is 5.75 Å². The van der Waals surface area contributed by atoms with E-state index in [2.05, 4.69) is 21.0 Å². The molecular formula is C15H16BrClN2O2. The van der Waals surface area contributed by atoms with Crippen molar-refractivity contribution in [3.05, 3.63) is 44.6 Å². The van der Waals surface area contributed by atoms with Gasteiger partial charge in [-0.3, -0.25) is 9.48 Å². The van der Waals surface area contributed by atoms with Gasteiger partial charge in [0.25, 0.3) is 0 Å². The summed E-state index contributed by atoms with van der Waals surface area (Å²) in [4.78, 5) is 11.3. The van der Waals surface area contributed by atoms with Gasteiger partial charge in [-0.2, -0.15) is 5.10 Å². The van der Waals surface area contributed by atoms with E-state index in [1.807, 2.05) is 18.5 Å². The smallest absolute Gasteiger partial charge is 0.159 e. The van der Waals surface area contributed by atoms with Crippen LogP contribution in [0.5, 0.6) is 5.75 Å². The van der Waals surface area contributed by atoms with Gasteiger partial charge in [0.2, 0.25) is 0 Å². The molecule has 1 heterocycles. The van der Waals surface area contributed by atoms with Gasteiger partial charge in [0.15, 0.2) is 5.78 Å². The van der Waals surface area contributed by atoms with Crippen LogP contribution < -0.4 is 4.74 Å². The number of carbonyl (C=O) groups is 1. The van der Waals surface area contributed by atoms with Gasteiger partial charge in [0, 0.05) is 12.1 Å². The lowest BCUT2D eigenvalue weighted by atomic mass is 10.1. The highest BCUT2D eigenvalue weighted by Gasteiger charge is 2.13. The lowest BCUT2D eigenvalue weighted by Crippen LogP contribution is -2.07. The molecule has 2 rings (SSSR count). The summed E-state index contributed by atoms with van der Waals surface area (Å²) in [6.07, 6.45) is 0. The maximum atomic E-state index is 11.3. The second kappa shape index (κ2) is 6.62. The Morgan fingerprint density at radius 3 is 2.76 bits per heavy atom. The molecule has 1 aromatic heterocycles. The largest absolute Gasteiger partial charge is 0.486 e. The van der Waals surface area contributed by atoms with Crippen molar-refractivity contribution in [2.45, 2.75) is 33.9 Å². The fraction of sp³-hybridized carbons (Fsp3) is 0.333. The Bertz CT molecular complexity index is 683. The van der Waals surface area contributed by atoms with Crippen molar-refractivity contribution in [2.75, 3.05) is 0 Å². The van der Waals surface area contributed by atoms with E-state index >= 15 is 0 Å². The number of hydrogen-bond acceptors (Lipinski definition) is 3. The predicted molar refractivity (Wildman–Crippen MR) is 86.1 cm³/mol. The van der Waals surface area contributed by atoms with E-state index in [0.29, 0.717) is 22.9 Å². The summed E-state index contributed by atoms with van der Waals surface area (Å²) in [5.41, 5.74) is 2.46. The molecule has 0 bridgehead atoms. The third-order valence-corrected chi connectivity index (χ3v) is 4.48. The second-order valence-electron chi connectivity index (χ2n) is 4.65. The lowest BCUT2D eigenvalue weighted by molar-refractivity contribution is 0.101. The van der Waals surface area contributed by atoms with E-state index in [1.54, 1.807) is 18.2 Å². The highest BCUT2D eigenvalue weighted by atomic mass is 79.9. The molecule has 0 radical (unpaired) electrons. The standard InChI is InChI=1S/C15H16BrClN2O2/c1-4-19-13(15(16)9(2)18-19)8-21-14-6-5-11(10(3)20)7-12(14)17/h5-7H,4,8H2,1-3H3. The SMILES string of the molecule is CCn1nc(C)c(Br)c1COc1ccc(C(C)=O)cc1Cl. The monoisotopic (exact) mass is 370 g/mol. The molecule has 112 valence electrons. The van der Waals surface area contributed by atoms with Crippen LogP contribution >= 0.6 is 27.5 Å². The third-order valence-electron chi connectivity index (χ3n) is 3.16. The van der Waals surface area contributed by atoms with Gasteiger partial charge in [-0.15, -0.1) is 0 Å². The van der Waals surface area contributed by atoms with E-state index in [4.69, 9.17) is 16.3 Å². The van der Waals surface area contributed by atoms with Crippen molar-refractivity contribution in [1.29, 1.82) is 0 Å². The van der Waals surface area contributed by atoms with E-state index in [0.717, 1.165) is 22.4 Å². The molecule has 1 aromatic carbocycles. The van der Waals surface area contributed by atoms with Crippen molar-refractivity contribution in [2.24, 2.45) is 0 Å². The van der Waals surface area contributed by atoms with E-state index in [-0.39, 0.29) is 5.78 Å². The number of ketones is 1. The summed E-state index contributed by atoms with van der Waals surface area (Å²) in [6.45, 7) is 6.59. The molecule has 21 heavy (non-hydrogen) atoms. The number of rotatable bonds is 5. The average Bonchev–Trinajstić information content (AvgIpc) is 2.72. The maximum Gasteiger partial charge on any atom is 0.159 e. The third kappa shape index (κ3) is 3.47. The zero-order valence-electron chi connectivity index (χ0n) is 12.1. The fourth-order valence-electron chi connectivity index (χ4n) is 1.99. The number of Topliss-reactive ketones (excluding diaryl/α,β-unsaturated/α-hetero) is 1. The van der Waals surface area contributed by atoms with Gasteiger partial charge in [0.05, 0.1) is 20.9 Å². The van der Waals surface area contributed by atoms with Crippen LogP contribution in [-0.2, 0) is 13.2 Å². The van der Waals surface area contributed by atoms with Crippen LogP contribution in [0.4, 0.5) is 0 Å². The van der Waals surface area contributed by atoms with Crippen molar-refractivity contribution in [3.63, 3.8) is 0 Å². The van der Waals surface area contributed by atoms with Crippen molar-refractivity contribution in [1.82, 2.24) is 9.78 Å². The van der Waals surface area contributed by atoms with Crippen LogP contribution in [0.25, 0.3) is 0 Å². The van der Waals surface area contributed by atoms with Gasteiger partial charge in [0.1, 0.15) is 12.4 Å². The number of hydrogen-bond donors (Lipinski definition) is 0. The van der Waals surface area contributed by atoms with Gasteiger partial charge in [-0.05, 0) is 54.9 Å². The van der Waals surface area contributed by atoms with Crippen LogP contribution in [0.3, 0.4) is 0 Å². The first kappa shape index (κ1) is 16.0. The van der Waals surface area contributed by atoms with Crippen LogP contribution in [-0.4, -0.2) is 15.6 Å². The molecule has 0 spiro atoms. The fourth-order valence-corrected chi connectivity index (χ4v) is 2.62. The van der Waals surface area contributed by atoms with Crippen LogP contribution in [0.1, 0.15) is 35.6 Å². The average molecular weight is 372 g/mol. The number of nitrogens with zero attached hydrogens (tertiary/aromatic N) is 2. The molecule has 6 heteroatoms. The Hall–Kier alpha value is -1.33. The summed E-state index contributed by atoms with van der Waals surface area (Å²) in [5.74, 6) is 0.529. The zero-order valence-corrected chi connectivity index (χ0v) is 14.5. The van der Waals surface area contributed by atoms with Gasteiger partial charge in [-0.1, -0.05) is 11.6 Å². The second-order valence-corrected chi connectivity index (χ2v) is 5.85. The minimum Gasteiger partial charge on any atom is -0.486 e. The zero-order chi connectivity index (χ0) is 15.6. The Labute approximate surface area is 137 Å². The molecule has 0 aliphatic carbocycles. The van der Waals surface area contributed by atoms with Gasteiger partial charge in [-0.25, -0.2) is 0 Å². The summed E-state index contributed by atoms with van der Waals surface area (Å²) in [5, 5.41) is 4.84. The number of aromatic nitrogens is 2. The molecule has 0 saturated carbocycles. The highest BCUT2D eigenvalue weighted by molar-refractivity contribution is 9.10. The molecule has 0 amide bonds. The summed E-state index contributed by atoms with van der Waals surface area (Å²) in [6, 6.07) is 5.05. The molecular weight excluding hydrogens is 356 g/mol. The molecule has 0 saturated heterocycles. The summed E-state index contributed by atoms with van der Waals surface area (Å²) < 4.78 is 8.59. The highest BCUT2D eigenvalue weighted by Crippen LogP contribution is 2.28.